The number of carbonyl (C=O) groups is 2. The third-order valence-corrected chi connectivity index (χ3v) is 2.67. The summed E-state index contributed by atoms with van der Waals surface area (Å²) in [6.07, 6.45) is 0. The zero-order valence-electron chi connectivity index (χ0n) is 11.3. The molecule has 1 aromatic rings. The minimum atomic E-state index is -1.39. The number of esters is 1. The highest BCUT2D eigenvalue weighted by molar-refractivity contribution is 5.97. The van der Waals surface area contributed by atoms with E-state index in [1.54, 1.807) is 0 Å². The van der Waals surface area contributed by atoms with E-state index in [2.05, 4.69) is 4.74 Å². The smallest absolute Gasteiger partial charge is 0.330 e. The van der Waals surface area contributed by atoms with Crippen molar-refractivity contribution in [3.05, 3.63) is 39.2 Å². The number of nitrogens with zero attached hydrogens (tertiary/aromatic N) is 1. The van der Waals surface area contributed by atoms with E-state index < -0.39 is 46.5 Å². The number of carbonyl (C=O) groups excluding carboxylic acids is 2. The highest BCUT2D eigenvalue weighted by Gasteiger charge is 2.25. The van der Waals surface area contributed by atoms with Gasteiger partial charge in [-0.3, -0.25) is 14.9 Å². The number of ether oxygens (including phenoxy) is 1. The second kappa shape index (κ2) is 6.75. The zero-order valence-corrected chi connectivity index (χ0v) is 11.3. The number of aliphatic hydroxyl groups excluding tert-OH is 1. The van der Waals surface area contributed by atoms with Crippen molar-refractivity contribution in [3.63, 3.8) is 0 Å². The molecule has 8 nitrogen and oxygen atoms in total. The third kappa shape index (κ3) is 3.72. The number of non-ortho nitro benzene ring substituents is 1. The number of halogens is 1. The predicted molar refractivity (Wildman–Crippen MR) is 68.1 cm³/mol. The van der Waals surface area contributed by atoms with Gasteiger partial charge in [0.05, 0.1) is 24.2 Å². The first-order valence-corrected chi connectivity index (χ1v) is 5.75. The summed E-state index contributed by atoms with van der Waals surface area (Å²) in [5.41, 5.74) is -1.14. The van der Waals surface area contributed by atoms with Crippen LogP contribution < -0.4 is 5.32 Å². The number of rotatable bonds is 5. The predicted octanol–water partition coefficient (Wildman–Crippen LogP) is 0.306. The maximum absolute atomic E-state index is 13.9. The molecular formula is C12H13FN2O6. The van der Waals surface area contributed by atoms with Gasteiger partial charge in [-0.2, -0.15) is 0 Å². The standard InChI is InChI=1S/C12H13FN2O6/c1-6-3-7(15(19)20)4-8(10(6)13)11(17)14-9(5-16)12(18)21-2/h3-4,9,16H,5H2,1-2H3,(H,14,17). The van der Waals surface area contributed by atoms with E-state index in [0.29, 0.717) is 0 Å². The summed E-state index contributed by atoms with van der Waals surface area (Å²) in [5, 5.41) is 21.7. The number of nitro groups is 1. The topological polar surface area (TPSA) is 119 Å². The number of nitro benzene ring substituents is 1. The molecule has 0 aliphatic rings. The number of amides is 1. The molecule has 1 atom stereocenters. The summed E-state index contributed by atoms with van der Waals surface area (Å²) in [4.78, 5) is 33.1. The summed E-state index contributed by atoms with van der Waals surface area (Å²) >= 11 is 0. The summed E-state index contributed by atoms with van der Waals surface area (Å²) in [7, 11) is 1.05. The second-order valence-electron chi connectivity index (χ2n) is 4.11. The maximum Gasteiger partial charge on any atom is 0.330 e. The quantitative estimate of drug-likeness (QED) is 0.459. The Hall–Kier alpha value is -2.55. The fourth-order valence-electron chi connectivity index (χ4n) is 1.58. The van der Waals surface area contributed by atoms with Crippen LogP contribution in [0.15, 0.2) is 12.1 Å². The zero-order chi connectivity index (χ0) is 16.2. The van der Waals surface area contributed by atoms with Crippen LogP contribution in [0.25, 0.3) is 0 Å². The van der Waals surface area contributed by atoms with Gasteiger partial charge in [0, 0.05) is 12.1 Å². The third-order valence-electron chi connectivity index (χ3n) is 2.67. The van der Waals surface area contributed by atoms with Gasteiger partial charge in [0.25, 0.3) is 11.6 Å². The van der Waals surface area contributed by atoms with E-state index in [0.717, 1.165) is 19.2 Å². The fraction of sp³-hybridized carbons (Fsp3) is 0.333. The molecule has 2 N–H and O–H groups in total. The molecule has 9 heteroatoms. The lowest BCUT2D eigenvalue weighted by molar-refractivity contribution is -0.385. The molecule has 21 heavy (non-hydrogen) atoms. The Morgan fingerprint density at radius 1 is 1.52 bits per heavy atom. The van der Waals surface area contributed by atoms with Crippen LogP contribution in [0.5, 0.6) is 0 Å². The Morgan fingerprint density at radius 2 is 2.14 bits per heavy atom. The minimum absolute atomic E-state index is 0.0898. The van der Waals surface area contributed by atoms with Gasteiger partial charge in [-0.15, -0.1) is 0 Å². The molecule has 1 amide bonds. The van der Waals surface area contributed by atoms with Crippen LogP contribution in [0.4, 0.5) is 10.1 Å². The summed E-state index contributed by atoms with van der Waals surface area (Å²) in [6, 6.07) is 0.348. The molecule has 0 aliphatic heterocycles. The van der Waals surface area contributed by atoms with Gasteiger partial charge in [-0.05, 0) is 12.5 Å². The molecule has 0 bridgehead atoms. The van der Waals surface area contributed by atoms with Crippen molar-refractivity contribution in [2.24, 2.45) is 0 Å². The lowest BCUT2D eigenvalue weighted by Crippen LogP contribution is -2.44. The Morgan fingerprint density at radius 3 is 2.62 bits per heavy atom. The minimum Gasteiger partial charge on any atom is -0.467 e. The monoisotopic (exact) mass is 300 g/mol. The summed E-state index contributed by atoms with van der Waals surface area (Å²) in [5.74, 6) is -2.93. The Balaban J connectivity index is 3.12. The Kier molecular flexibility index (Phi) is 5.30. The van der Waals surface area contributed by atoms with Gasteiger partial charge in [-0.1, -0.05) is 0 Å². The van der Waals surface area contributed by atoms with Gasteiger partial charge in [0.1, 0.15) is 5.82 Å². The molecule has 0 spiro atoms. The first-order valence-electron chi connectivity index (χ1n) is 5.75. The summed E-state index contributed by atoms with van der Waals surface area (Å²) in [6.45, 7) is 0.511. The Labute approximate surface area is 118 Å². The highest BCUT2D eigenvalue weighted by Crippen LogP contribution is 2.21. The largest absolute Gasteiger partial charge is 0.467 e. The number of nitrogens with one attached hydrogen (secondary N) is 1. The molecule has 0 saturated carbocycles. The molecular weight excluding hydrogens is 287 g/mol. The van der Waals surface area contributed by atoms with Crippen molar-refractivity contribution >= 4 is 17.6 Å². The number of hydrogen-bond acceptors (Lipinski definition) is 6. The van der Waals surface area contributed by atoms with Crippen molar-refractivity contribution < 1.29 is 28.7 Å². The van der Waals surface area contributed by atoms with Crippen molar-refractivity contribution in [2.45, 2.75) is 13.0 Å². The Bertz CT molecular complexity index is 589. The normalized spacial score (nSPS) is 11.6. The van der Waals surface area contributed by atoms with E-state index in [9.17, 15) is 24.1 Å². The molecule has 0 radical (unpaired) electrons. The van der Waals surface area contributed by atoms with Crippen LogP contribution in [0, 0.1) is 22.9 Å². The molecule has 114 valence electrons. The van der Waals surface area contributed by atoms with Crippen molar-refractivity contribution in [1.29, 1.82) is 0 Å². The van der Waals surface area contributed by atoms with E-state index in [1.807, 2.05) is 5.32 Å². The molecule has 1 rings (SSSR count). The highest BCUT2D eigenvalue weighted by atomic mass is 19.1. The van der Waals surface area contributed by atoms with E-state index in [-0.39, 0.29) is 5.56 Å². The first-order chi connectivity index (χ1) is 9.81. The SMILES string of the molecule is COC(=O)C(CO)NC(=O)c1cc([N+](=O)[O-])cc(C)c1F. The van der Waals surface area contributed by atoms with Crippen molar-refractivity contribution in [2.75, 3.05) is 13.7 Å². The number of benzene rings is 1. The van der Waals surface area contributed by atoms with Crippen LogP contribution >= 0.6 is 0 Å². The van der Waals surface area contributed by atoms with Crippen LogP contribution in [0.1, 0.15) is 15.9 Å². The summed E-state index contributed by atoms with van der Waals surface area (Å²) < 4.78 is 18.2. The second-order valence-corrected chi connectivity index (χ2v) is 4.11. The number of aliphatic hydroxyl groups is 1. The number of hydrogen-bond donors (Lipinski definition) is 2. The molecule has 0 aliphatic carbocycles. The lowest BCUT2D eigenvalue weighted by atomic mass is 10.1. The molecule has 0 fully saturated rings. The lowest BCUT2D eigenvalue weighted by Gasteiger charge is -2.14. The van der Waals surface area contributed by atoms with E-state index in [4.69, 9.17) is 5.11 Å². The van der Waals surface area contributed by atoms with Gasteiger partial charge < -0.3 is 15.2 Å². The molecule has 0 heterocycles. The maximum atomic E-state index is 13.9. The van der Waals surface area contributed by atoms with Crippen LogP contribution in [-0.2, 0) is 9.53 Å². The van der Waals surface area contributed by atoms with Gasteiger partial charge in [0.2, 0.25) is 0 Å². The van der Waals surface area contributed by atoms with Gasteiger partial charge in [-0.25, -0.2) is 9.18 Å². The van der Waals surface area contributed by atoms with Crippen LogP contribution in [-0.4, -0.2) is 41.7 Å². The van der Waals surface area contributed by atoms with Crippen molar-refractivity contribution in [1.82, 2.24) is 5.32 Å². The van der Waals surface area contributed by atoms with Gasteiger partial charge >= 0.3 is 5.97 Å². The van der Waals surface area contributed by atoms with Crippen molar-refractivity contribution in [3.8, 4) is 0 Å². The number of methoxy groups -OCH3 is 1. The van der Waals surface area contributed by atoms with E-state index >= 15 is 0 Å². The van der Waals surface area contributed by atoms with Crippen LogP contribution in [0.2, 0.25) is 0 Å². The molecule has 0 saturated heterocycles. The molecule has 1 aromatic carbocycles. The van der Waals surface area contributed by atoms with Crippen LogP contribution in [0.3, 0.4) is 0 Å². The van der Waals surface area contributed by atoms with E-state index in [1.165, 1.54) is 6.92 Å². The molecule has 1 unspecified atom stereocenters. The fourth-order valence-corrected chi connectivity index (χ4v) is 1.58. The average Bonchev–Trinajstić information content (AvgIpc) is 2.45. The first kappa shape index (κ1) is 16.5. The van der Waals surface area contributed by atoms with Gasteiger partial charge in [0.15, 0.2) is 6.04 Å². The number of aryl methyl sites for hydroxylation is 1. The molecule has 0 aromatic heterocycles. The average molecular weight is 300 g/mol.